The monoisotopic (exact) mass is 260 g/mol. The molecule has 0 bridgehead atoms. The van der Waals surface area contributed by atoms with Crippen molar-refractivity contribution >= 4 is 0 Å². The van der Waals surface area contributed by atoms with Crippen LogP contribution < -0.4 is 10.6 Å². The summed E-state index contributed by atoms with van der Waals surface area (Å²) in [5, 5.41) is 6.40. The number of benzene rings is 1. The molecule has 0 amide bonds. The third kappa shape index (κ3) is 5.51. The molecule has 18 heavy (non-hydrogen) atoms. The van der Waals surface area contributed by atoms with Crippen LogP contribution in [-0.2, 0) is 12.7 Å². The predicted molar refractivity (Wildman–Crippen MR) is 66.3 cm³/mol. The van der Waals surface area contributed by atoms with Crippen molar-refractivity contribution in [2.75, 3.05) is 19.6 Å². The van der Waals surface area contributed by atoms with Gasteiger partial charge in [0.2, 0.25) is 0 Å². The Morgan fingerprint density at radius 2 is 1.61 bits per heavy atom. The summed E-state index contributed by atoms with van der Waals surface area (Å²) in [6.45, 7) is 5.42. The second-order valence-corrected chi connectivity index (χ2v) is 4.08. The number of hydrogen-bond donors (Lipinski definition) is 2. The molecule has 0 spiro atoms. The maximum Gasteiger partial charge on any atom is 0.416 e. The van der Waals surface area contributed by atoms with Gasteiger partial charge in [-0.2, -0.15) is 13.2 Å². The van der Waals surface area contributed by atoms with Crippen LogP contribution >= 0.6 is 0 Å². The van der Waals surface area contributed by atoms with Crippen LogP contribution in [0.25, 0.3) is 0 Å². The predicted octanol–water partition coefficient (Wildman–Crippen LogP) is 2.79. The van der Waals surface area contributed by atoms with Gasteiger partial charge in [0, 0.05) is 6.54 Å². The van der Waals surface area contributed by atoms with Gasteiger partial charge in [-0.15, -0.1) is 0 Å². The van der Waals surface area contributed by atoms with Crippen molar-refractivity contribution in [3.63, 3.8) is 0 Å². The molecule has 0 atom stereocenters. The van der Waals surface area contributed by atoms with Gasteiger partial charge >= 0.3 is 6.18 Å². The van der Waals surface area contributed by atoms with E-state index in [4.69, 9.17) is 0 Å². The standard InChI is InChI=1S/C13H19F3N2/c1-2-17-8-3-9-18-10-11-4-6-12(7-5-11)13(14,15)16/h4-7,17-18H,2-3,8-10H2,1H3. The molecule has 1 aromatic rings. The first-order chi connectivity index (χ1) is 8.54. The third-order valence-corrected chi connectivity index (χ3v) is 2.57. The molecule has 0 aliphatic carbocycles. The van der Waals surface area contributed by atoms with E-state index in [9.17, 15) is 13.2 Å². The van der Waals surface area contributed by atoms with Crippen LogP contribution in [-0.4, -0.2) is 19.6 Å². The molecule has 0 saturated heterocycles. The van der Waals surface area contributed by atoms with Crippen molar-refractivity contribution in [1.29, 1.82) is 0 Å². The smallest absolute Gasteiger partial charge is 0.317 e. The molecule has 0 aromatic heterocycles. The zero-order valence-electron chi connectivity index (χ0n) is 10.5. The maximum absolute atomic E-state index is 12.3. The molecule has 0 saturated carbocycles. The van der Waals surface area contributed by atoms with E-state index in [1.807, 2.05) is 0 Å². The molecule has 5 heteroatoms. The lowest BCUT2D eigenvalue weighted by atomic mass is 10.1. The minimum Gasteiger partial charge on any atom is -0.317 e. The molecule has 0 radical (unpaired) electrons. The van der Waals surface area contributed by atoms with Crippen molar-refractivity contribution in [2.24, 2.45) is 0 Å². The van der Waals surface area contributed by atoms with Crippen LogP contribution in [0.4, 0.5) is 13.2 Å². The maximum atomic E-state index is 12.3. The van der Waals surface area contributed by atoms with Crippen molar-refractivity contribution in [3.05, 3.63) is 35.4 Å². The lowest BCUT2D eigenvalue weighted by molar-refractivity contribution is -0.137. The molecule has 0 aliphatic rings. The Labute approximate surface area is 106 Å². The summed E-state index contributed by atoms with van der Waals surface area (Å²) in [7, 11) is 0. The molecule has 2 nitrogen and oxygen atoms in total. The van der Waals surface area contributed by atoms with E-state index in [0.29, 0.717) is 6.54 Å². The van der Waals surface area contributed by atoms with Crippen molar-refractivity contribution in [3.8, 4) is 0 Å². The molecule has 2 N–H and O–H groups in total. The first-order valence-corrected chi connectivity index (χ1v) is 6.11. The van der Waals surface area contributed by atoms with Crippen LogP contribution in [0.2, 0.25) is 0 Å². The number of alkyl halides is 3. The highest BCUT2D eigenvalue weighted by molar-refractivity contribution is 5.24. The van der Waals surface area contributed by atoms with E-state index in [-0.39, 0.29) is 0 Å². The van der Waals surface area contributed by atoms with Gasteiger partial charge in [0.15, 0.2) is 0 Å². The van der Waals surface area contributed by atoms with Crippen LogP contribution in [0.1, 0.15) is 24.5 Å². The summed E-state index contributed by atoms with van der Waals surface area (Å²) in [6.07, 6.45) is -3.24. The quantitative estimate of drug-likeness (QED) is 0.737. The fourth-order valence-corrected chi connectivity index (χ4v) is 1.56. The minimum atomic E-state index is -4.25. The lowest BCUT2D eigenvalue weighted by Gasteiger charge is -2.08. The van der Waals surface area contributed by atoms with Crippen LogP contribution in [0, 0.1) is 0 Å². The lowest BCUT2D eigenvalue weighted by Crippen LogP contribution is -2.21. The second-order valence-electron chi connectivity index (χ2n) is 4.08. The topological polar surface area (TPSA) is 24.1 Å². The highest BCUT2D eigenvalue weighted by Gasteiger charge is 2.29. The molecule has 0 heterocycles. The number of rotatable bonds is 7. The zero-order chi connectivity index (χ0) is 13.4. The first kappa shape index (κ1) is 15.0. The summed E-state index contributed by atoms with van der Waals surface area (Å²) < 4.78 is 37.0. The molecule has 0 unspecified atom stereocenters. The number of halogens is 3. The number of hydrogen-bond acceptors (Lipinski definition) is 2. The minimum absolute atomic E-state index is 0.599. The Hall–Kier alpha value is -1.07. The van der Waals surface area contributed by atoms with Crippen molar-refractivity contribution < 1.29 is 13.2 Å². The highest BCUT2D eigenvalue weighted by atomic mass is 19.4. The third-order valence-electron chi connectivity index (χ3n) is 2.57. The first-order valence-electron chi connectivity index (χ1n) is 6.11. The molecule has 0 aliphatic heterocycles. The zero-order valence-corrected chi connectivity index (χ0v) is 10.5. The normalized spacial score (nSPS) is 11.8. The average molecular weight is 260 g/mol. The Kier molecular flexibility index (Phi) is 6.15. The van der Waals surface area contributed by atoms with E-state index in [1.54, 1.807) is 0 Å². The van der Waals surface area contributed by atoms with E-state index >= 15 is 0 Å². The summed E-state index contributed by atoms with van der Waals surface area (Å²) >= 11 is 0. The van der Waals surface area contributed by atoms with Gasteiger partial charge in [0.05, 0.1) is 5.56 Å². The Bertz CT molecular complexity index is 333. The molecule has 102 valence electrons. The fourth-order valence-electron chi connectivity index (χ4n) is 1.56. The van der Waals surface area contributed by atoms with Gasteiger partial charge in [0.1, 0.15) is 0 Å². The molecular formula is C13H19F3N2. The van der Waals surface area contributed by atoms with Crippen molar-refractivity contribution in [2.45, 2.75) is 26.1 Å². The Morgan fingerprint density at radius 1 is 1.00 bits per heavy atom. The van der Waals surface area contributed by atoms with E-state index in [2.05, 4.69) is 17.6 Å². The SMILES string of the molecule is CCNCCCNCc1ccc(C(F)(F)F)cc1. The summed E-state index contributed by atoms with van der Waals surface area (Å²) in [4.78, 5) is 0. The Balaban J connectivity index is 2.27. The Morgan fingerprint density at radius 3 is 2.17 bits per heavy atom. The molecule has 1 aromatic carbocycles. The van der Waals surface area contributed by atoms with Gasteiger partial charge in [0.25, 0.3) is 0 Å². The van der Waals surface area contributed by atoms with E-state index in [0.717, 1.165) is 43.8 Å². The largest absolute Gasteiger partial charge is 0.416 e. The van der Waals surface area contributed by atoms with E-state index < -0.39 is 11.7 Å². The molecule has 0 fully saturated rings. The van der Waals surface area contributed by atoms with Crippen LogP contribution in [0.15, 0.2) is 24.3 Å². The second kappa shape index (κ2) is 7.38. The summed E-state index contributed by atoms with van der Waals surface area (Å²) in [5.41, 5.74) is 0.268. The average Bonchev–Trinajstić information content (AvgIpc) is 2.33. The van der Waals surface area contributed by atoms with Gasteiger partial charge < -0.3 is 10.6 Å². The van der Waals surface area contributed by atoms with E-state index in [1.165, 1.54) is 12.1 Å². The molecular weight excluding hydrogens is 241 g/mol. The van der Waals surface area contributed by atoms with Crippen LogP contribution in [0.5, 0.6) is 0 Å². The van der Waals surface area contributed by atoms with Gasteiger partial charge in [-0.1, -0.05) is 19.1 Å². The van der Waals surface area contributed by atoms with Crippen molar-refractivity contribution in [1.82, 2.24) is 10.6 Å². The van der Waals surface area contributed by atoms with Crippen LogP contribution in [0.3, 0.4) is 0 Å². The van der Waals surface area contributed by atoms with Gasteiger partial charge in [-0.25, -0.2) is 0 Å². The van der Waals surface area contributed by atoms with Gasteiger partial charge in [-0.3, -0.25) is 0 Å². The van der Waals surface area contributed by atoms with Gasteiger partial charge in [-0.05, 0) is 43.8 Å². The fraction of sp³-hybridized carbons (Fsp3) is 0.538. The summed E-state index contributed by atoms with van der Waals surface area (Å²) in [5.74, 6) is 0. The highest BCUT2D eigenvalue weighted by Crippen LogP contribution is 2.28. The molecule has 1 rings (SSSR count). The number of nitrogens with one attached hydrogen (secondary N) is 2. The summed E-state index contributed by atoms with van der Waals surface area (Å²) in [6, 6.07) is 5.27.